The minimum atomic E-state index is -0.307. The van der Waals surface area contributed by atoms with E-state index in [1.165, 1.54) is 9.25 Å². The first-order valence-electron chi connectivity index (χ1n) is 9.63. The number of nitrogens with zero attached hydrogens (tertiary/aromatic N) is 5. The van der Waals surface area contributed by atoms with E-state index in [9.17, 15) is 14.4 Å². The number of piperidine rings is 1. The summed E-state index contributed by atoms with van der Waals surface area (Å²) in [5.74, 6) is 0.275. The van der Waals surface area contributed by atoms with Gasteiger partial charge in [0.25, 0.3) is 11.5 Å². The molecule has 1 aliphatic rings. The number of carbonyl (C=O) groups excluding carboxylic acids is 1. The minimum absolute atomic E-state index is 0.0885. The van der Waals surface area contributed by atoms with Crippen molar-refractivity contribution in [2.75, 3.05) is 13.1 Å². The molecule has 1 saturated heterocycles. The number of carbonyl (C=O) groups is 1. The van der Waals surface area contributed by atoms with Gasteiger partial charge in [-0.15, -0.1) is 0 Å². The van der Waals surface area contributed by atoms with Gasteiger partial charge in [-0.3, -0.25) is 9.59 Å². The number of amides is 1. The number of pyridine rings is 1. The molecular weight excluding hydrogens is 370 g/mol. The molecule has 1 amide bonds. The summed E-state index contributed by atoms with van der Waals surface area (Å²) in [7, 11) is 3.26. The normalized spacial score (nSPS) is 16.8. The average molecular weight is 393 g/mol. The van der Waals surface area contributed by atoms with Crippen molar-refractivity contribution in [2.24, 2.45) is 14.1 Å². The summed E-state index contributed by atoms with van der Waals surface area (Å²) in [5, 5.41) is 4.47. The zero-order valence-corrected chi connectivity index (χ0v) is 16.5. The van der Waals surface area contributed by atoms with Crippen LogP contribution in [0.15, 0.2) is 58.3 Å². The third kappa shape index (κ3) is 3.41. The first kappa shape index (κ1) is 18.9. The number of aromatic nitrogens is 4. The lowest BCUT2D eigenvalue weighted by Crippen LogP contribution is -2.42. The fourth-order valence-corrected chi connectivity index (χ4v) is 3.87. The largest absolute Gasteiger partial charge is 0.350 e. The molecule has 0 radical (unpaired) electrons. The molecule has 2 aromatic heterocycles. The third-order valence-corrected chi connectivity index (χ3v) is 5.39. The fourth-order valence-electron chi connectivity index (χ4n) is 3.87. The second kappa shape index (κ2) is 7.54. The predicted molar refractivity (Wildman–Crippen MR) is 108 cm³/mol. The third-order valence-electron chi connectivity index (χ3n) is 5.39. The summed E-state index contributed by atoms with van der Waals surface area (Å²) in [6.07, 6.45) is 3.23. The highest BCUT2D eigenvalue weighted by Gasteiger charge is 2.31. The molecule has 0 saturated carbocycles. The molecule has 8 heteroatoms. The number of rotatable bonds is 3. The molecule has 0 N–H and O–H groups in total. The molecule has 8 nitrogen and oxygen atoms in total. The standard InChI is InChI=1S/C21H23N5O3/c1-23-12-7-11-17(19(23)27)20(28)25-13-6-8-15(14-25)18-22-24(2)21(29)26(18)16-9-4-3-5-10-16/h3-5,7,9-12,15H,6,8,13-14H2,1-2H3/t15-/m0/s1. The Kier molecular flexibility index (Phi) is 4.92. The van der Waals surface area contributed by atoms with Gasteiger partial charge in [0.15, 0.2) is 0 Å². The van der Waals surface area contributed by atoms with Crippen LogP contribution in [0.3, 0.4) is 0 Å². The van der Waals surface area contributed by atoms with Crippen LogP contribution < -0.4 is 11.2 Å². The topological polar surface area (TPSA) is 82.1 Å². The summed E-state index contributed by atoms with van der Waals surface area (Å²) in [4.78, 5) is 39.7. The molecule has 0 unspecified atom stereocenters. The van der Waals surface area contributed by atoms with Crippen LogP contribution in [0.5, 0.6) is 0 Å². The SMILES string of the molecule is Cn1cccc(C(=O)N2CCC[C@H](c3nn(C)c(=O)n3-c3ccccc3)C2)c1=O. The summed E-state index contributed by atoms with van der Waals surface area (Å²) < 4.78 is 4.34. The first-order valence-corrected chi connectivity index (χ1v) is 9.63. The lowest BCUT2D eigenvalue weighted by molar-refractivity contribution is 0.0701. The molecule has 3 aromatic rings. The first-order chi connectivity index (χ1) is 14.0. The number of hydrogen-bond donors (Lipinski definition) is 0. The van der Waals surface area contributed by atoms with E-state index in [4.69, 9.17) is 0 Å². The van der Waals surface area contributed by atoms with Gasteiger partial charge in [0, 0.05) is 39.3 Å². The Hall–Kier alpha value is -3.42. The Labute approximate surface area is 167 Å². The molecular formula is C21H23N5O3. The van der Waals surface area contributed by atoms with Crippen molar-refractivity contribution >= 4 is 5.91 Å². The van der Waals surface area contributed by atoms with Gasteiger partial charge < -0.3 is 9.47 Å². The molecule has 3 heterocycles. The van der Waals surface area contributed by atoms with E-state index in [0.29, 0.717) is 18.9 Å². The van der Waals surface area contributed by atoms with Crippen LogP contribution in [-0.2, 0) is 14.1 Å². The van der Waals surface area contributed by atoms with Crippen LogP contribution in [-0.4, -0.2) is 42.8 Å². The van der Waals surface area contributed by atoms with Crippen LogP contribution in [0.25, 0.3) is 5.69 Å². The summed E-state index contributed by atoms with van der Waals surface area (Å²) in [5.41, 5.74) is 0.392. The molecule has 1 atom stereocenters. The van der Waals surface area contributed by atoms with Crippen molar-refractivity contribution in [1.29, 1.82) is 0 Å². The second-order valence-electron chi connectivity index (χ2n) is 7.36. The quantitative estimate of drug-likeness (QED) is 0.671. The van der Waals surface area contributed by atoms with Crippen molar-refractivity contribution in [3.05, 3.63) is 80.9 Å². The molecule has 1 aliphatic heterocycles. The molecule has 0 aliphatic carbocycles. The lowest BCUT2D eigenvalue weighted by Gasteiger charge is -2.32. The van der Waals surface area contributed by atoms with Gasteiger partial charge in [0.1, 0.15) is 11.4 Å². The van der Waals surface area contributed by atoms with E-state index in [1.54, 1.807) is 41.9 Å². The van der Waals surface area contributed by atoms with E-state index in [0.717, 1.165) is 18.5 Å². The van der Waals surface area contributed by atoms with Crippen molar-refractivity contribution in [1.82, 2.24) is 23.8 Å². The molecule has 150 valence electrons. The highest BCUT2D eigenvalue weighted by molar-refractivity contribution is 5.93. The molecule has 1 fully saturated rings. The maximum absolute atomic E-state index is 13.0. The minimum Gasteiger partial charge on any atom is -0.338 e. The van der Waals surface area contributed by atoms with E-state index in [1.807, 2.05) is 30.3 Å². The van der Waals surface area contributed by atoms with Crippen LogP contribution in [0.1, 0.15) is 34.9 Å². The van der Waals surface area contributed by atoms with E-state index in [2.05, 4.69) is 5.10 Å². The zero-order valence-electron chi connectivity index (χ0n) is 16.5. The molecule has 29 heavy (non-hydrogen) atoms. The Morgan fingerprint density at radius 3 is 2.59 bits per heavy atom. The summed E-state index contributed by atoms with van der Waals surface area (Å²) in [6.45, 7) is 0.996. The fraction of sp³-hybridized carbons (Fsp3) is 0.333. The summed E-state index contributed by atoms with van der Waals surface area (Å²) in [6, 6.07) is 12.6. The predicted octanol–water partition coefficient (Wildman–Crippen LogP) is 1.29. The highest BCUT2D eigenvalue weighted by atomic mass is 16.2. The molecule has 0 spiro atoms. The smallest absolute Gasteiger partial charge is 0.338 e. The average Bonchev–Trinajstić information content (AvgIpc) is 3.05. The second-order valence-corrected chi connectivity index (χ2v) is 7.36. The maximum atomic E-state index is 13.0. The molecule has 4 rings (SSSR count). The Morgan fingerprint density at radius 2 is 1.83 bits per heavy atom. The van der Waals surface area contributed by atoms with Crippen molar-refractivity contribution < 1.29 is 4.79 Å². The van der Waals surface area contributed by atoms with E-state index in [-0.39, 0.29) is 28.6 Å². The Morgan fingerprint density at radius 1 is 1.07 bits per heavy atom. The Bertz CT molecular complexity index is 1160. The number of likely N-dealkylation sites (tertiary alicyclic amines) is 1. The van der Waals surface area contributed by atoms with Gasteiger partial charge in [-0.25, -0.2) is 14.0 Å². The van der Waals surface area contributed by atoms with Gasteiger partial charge in [0.2, 0.25) is 0 Å². The van der Waals surface area contributed by atoms with Gasteiger partial charge in [0.05, 0.1) is 5.69 Å². The van der Waals surface area contributed by atoms with Gasteiger partial charge >= 0.3 is 5.69 Å². The van der Waals surface area contributed by atoms with Gasteiger partial charge in [-0.1, -0.05) is 18.2 Å². The van der Waals surface area contributed by atoms with Crippen molar-refractivity contribution in [2.45, 2.75) is 18.8 Å². The number of aryl methyl sites for hydroxylation is 2. The number of para-hydroxylation sites is 1. The Balaban J connectivity index is 1.67. The lowest BCUT2D eigenvalue weighted by atomic mass is 9.96. The van der Waals surface area contributed by atoms with E-state index < -0.39 is 0 Å². The number of hydrogen-bond acceptors (Lipinski definition) is 4. The van der Waals surface area contributed by atoms with Crippen LogP contribution >= 0.6 is 0 Å². The van der Waals surface area contributed by atoms with Crippen LogP contribution in [0.4, 0.5) is 0 Å². The van der Waals surface area contributed by atoms with Gasteiger partial charge in [-0.2, -0.15) is 5.10 Å². The zero-order chi connectivity index (χ0) is 20.5. The van der Waals surface area contributed by atoms with Crippen molar-refractivity contribution in [3.63, 3.8) is 0 Å². The monoisotopic (exact) mass is 393 g/mol. The van der Waals surface area contributed by atoms with Crippen LogP contribution in [0, 0.1) is 0 Å². The maximum Gasteiger partial charge on any atom is 0.350 e. The number of benzene rings is 1. The van der Waals surface area contributed by atoms with E-state index >= 15 is 0 Å². The van der Waals surface area contributed by atoms with Gasteiger partial charge in [-0.05, 0) is 37.1 Å². The summed E-state index contributed by atoms with van der Waals surface area (Å²) >= 11 is 0. The molecule has 1 aromatic carbocycles. The van der Waals surface area contributed by atoms with Crippen molar-refractivity contribution in [3.8, 4) is 5.69 Å². The molecule has 0 bridgehead atoms. The highest BCUT2D eigenvalue weighted by Crippen LogP contribution is 2.27. The van der Waals surface area contributed by atoms with Crippen LogP contribution in [0.2, 0.25) is 0 Å².